The van der Waals surface area contributed by atoms with Gasteiger partial charge in [-0.25, -0.2) is 0 Å². The molecule has 13 rings (SSSR count). The quantitative estimate of drug-likeness (QED) is 0.155. The third kappa shape index (κ3) is 6.24. The molecule has 0 spiro atoms. The molecule has 304 valence electrons. The van der Waals surface area contributed by atoms with Gasteiger partial charge in [0, 0.05) is 53.7 Å². The summed E-state index contributed by atoms with van der Waals surface area (Å²) in [5.41, 5.74) is 14.1. The first-order valence-electron chi connectivity index (χ1n) is 22.2. The SMILES string of the molecule is c1cc(-c2cccc3c2c2ccccc2n3-c2ccc3c(c2)sc2ccccc23)cc(N(c2ccc(-c3cccc4ccccc34)cc2)c2ccc(-c3cccc4ccccc34)cc2)c1. The summed E-state index contributed by atoms with van der Waals surface area (Å²) in [5.74, 6) is 0. The first kappa shape index (κ1) is 37.3. The Morgan fingerprint density at radius 2 is 0.831 bits per heavy atom. The molecule has 0 aliphatic rings. The van der Waals surface area contributed by atoms with E-state index in [1.165, 1.54) is 103 Å². The van der Waals surface area contributed by atoms with Crippen LogP contribution in [0.5, 0.6) is 0 Å². The van der Waals surface area contributed by atoms with E-state index in [0.29, 0.717) is 0 Å². The second kappa shape index (κ2) is 15.2. The van der Waals surface area contributed by atoms with E-state index < -0.39 is 0 Å². The molecule has 2 nitrogen and oxygen atoms in total. The lowest BCUT2D eigenvalue weighted by atomic mass is 9.97. The first-order chi connectivity index (χ1) is 32.2. The highest BCUT2D eigenvalue weighted by atomic mass is 32.1. The van der Waals surface area contributed by atoms with Crippen molar-refractivity contribution in [1.29, 1.82) is 0 Å². The van der Waals surface area contributed by atoms with Crippen LogP contribution in [0.4, 0.5) is 17.1 Å². The fourth-order valence-corrected chi connectivity index (χ4v) is 11.3. The van der Waals surface area contributed by atoms with Crippen LogP contribution in [0.1, 0.15) is 0 Å². The van der Waals surface area contributed by atoms with Crippen LogP contribution in [0.2, 0.25) is 0 Å². The predicted octanol–water partition coefficient (Wildman–Crippen LogP) is 17.9. The maximum absolute atomic E-state index is 2.45. The second-order valence-electron chi connectivity index (χ2n) is 16.9. The lowest BCUT2D eigenvalue weighted by molar-refractivity contribution is 1.19. The Labute approximate surface area is 381 Å². The number of hydrogen-bond donors (Lipinski definition) is 0. The molecular formula is C62H40N2S. The normalized spacial score (nSPS) is 11.7. The molecule has 11 aromatic carbocycles. The standard InChI is InChI=1S/C62H40N2S/c1-3-19-50-41(13-1)15-10-23-52(50)43-29-33-46(34-30-43)63(47-35-31-44(32-36-47)53-24-11-16-42-14-2-4-20-51(42)53)48-18-9-17-45(39-48)54-25-12-27-59-62(54)57-22-5-7-26-58(57)64(59)49-37-38-56-55-21-6-8-28-60(55)65-61(56)40-49/h1-40H. The van der Waals surface area contributed by atoms with Gasteiger partial charge in [0.05, 0.1) is 11.0 Å². The summed E-state index contributed by atoms with van der Waals surface area (Å²) < 4.78 is 5.07. The van der Waals surface area contributed by atoms with Gasteiger partial charge in [0.2, 0.25) is 0 Å². The summed E-state index contributed by atoms with van der Waals surface area (Å²) in [7, 11) is 0. The van der Waals surface area contributed by atoms with Gasteiger partial charge in [0.25, 0.3) is 0 Å². The number of nitrogens with zero attached hydrogens (tertiary/aromatic N) is 2. The monoisotopic (exact) mass is 844 g/mol. The van der Waals surface area contributed by atoms with Gasteiger partial charge in [-0.15, -0.1) is 11.3 Å². The number of hydrogen-bond acceptors (Lipinski definition) is 2. The molecule has 13 aromatic rings. The molecule has 0 amide bonds. The van der Waals surface area contributed by atoms with Gasteiger partial charge in [0.15, 0.2) is 0 Å². The topological polar surface area (TPSA) is 8.17 Å². The number of thiophene rings is 1. The minimum atomic E-state index is 1.09. The molecule has 2 aromatic heterocycles. The van der Waals surface area contributed by atoms with Crippen molar-refractivity contribution in [2.24, 2.45) is 0 Å². The number of anilines is 3. The van der Waals surface area contributed by atoms with E-state index in [4.69, 9.17) is 0 Å². The Balaban J connectivity index is 0.953. The van der Waals surface area contributed by atoms with Crippen molar-refractivity contribution >= 4 is 91.9 Å². The average molecular weight is 845 g/mol. The van der Waals surface area contributed by atoms with E-state index in [1.54, 1.807) is 0 Å². The van der Waals surface area contributed by atoms with Gasteiger partial charge in [-0.2, -0.15) is 0 Å². The van der Waals surface area contributed by atoms with Crippen molar-refractivity contribution in [2.45, 2.75) is 0 Å². The zero-order valence-electron chi connectivity index (χ0n) is 35.4. The highest BCUT2D eigenvalue weighted by Crippen LogP contribution is 2.44. The Morgan fingerprint density at radius 3 is 1.52 bits per heavy atom. The smallest absolute Gasteiger partial charge is 0.0547 e. The zero-order chi connectivity index (χ0) is 42.8. The number of fused-ring (bicyclic) bond motifs is 8. The fraction of sp³-hybridized carbons (Fsp3) is 0. The van der Waals surface area contributed by atoms with Crippen molar-refractivity contribution in [3.05, 3.63) is 243 Å². The van der Waals surface area contributed by atoms with Crippen molar-refractivity contribution in [3.63, 3.8) is 0 Å². The Morgan fingerprint density at radius 1 is 0.308 bits per heavy atom. The lowest BCUT2D eigenvalue weighted by Gasteiger charge is -2.26. The number of para-hydroxylation sites is 1. The molecule has 2 heterocycles. The molecule has 0 N–H and O–H groups in total. The largest absolute Gasteiger partial charge is 0.310 e. The van der Waals surface area contributed by atoms with Crippen LogP contribution in [0.15, 0.2) is 243 Å². The minimum absolute atomic E-state index is 1.09. The maximum Gasteiger partial charge on any atom is 0.0547 e. The predicted molar refractivity (Wildman–Crippen MR) is 280 cm³/mol. The van der Waals surface area contributed by atoms with Crippen molar-refractivity contribution in [1.82, 2.24) is 4.57 Å². The Kier molecular flexibility index (Phi) is 8.75. The van der Waals surface area contributed by atoms with Gasteiger partial charge >= 0.3 is 0 Å². The highest BCUT2D eigenvalue weighted by Gasteiger charge is 2.20. The van der Waals surface area contributed by atoms with Crippen molar-refractivity contribution in [3.8, 4) is 39.1 Å². The van der Waals surface area contributed by atoms with Crippen LogP contribution in [0.3, 0.4) is 0 Å². The van der Waals surface area contributed by atoms with Gasteiger partial charge in [-0.05, 0) is 122 Å². The lowest BCUT2D eigenvalue weighted by Crippen LogP contribution is -2.10. The molecule has 0 radical (unpaired) electrons. The second-order valence-corrected chi connectivity index (χ2v) is 17.9. The fourth-order valence-electron chi connectivity index (χ4n) is 10.2. The van der Waals surface area contributed by atoms with Gasteiger partial charge < -0.3 is 9.47 Å². The molecule has 0 bridgehead atoms. The summed E-state index contributed by atoms with van der Waals surface area (Å²) in [6.45, 7) is 0. The molecule has 0 aliphatic heterocycles. The van der Waals surface area contributed by atoms with E-state index >= 15 is 0 Å². The average Bonchev–Trinajstić information content (AvgIpc) is 3.92. The van der Waals surface area contributed by atoms with Crippen LogP contribution in [0.25, 0.3) is 103 Å². The van der Waals surface area contributed by atoms with Crippen LogP contribution >= 0.6 is 11.3 Å². The van der Waals surface area contributed by atoms with Gasteiger partial charge in [0.1, 0.15) is 0 Å². The van der Waals surface area contributed by atoms with Gasteiger partial charge in [-0.3, -0.25) is 0 Å². The van der Waals surface area contributed by atoms with E-state index in [2.05, 4.69) is 252 Å². The molecular weight excluding hydrogens is 805 g/mol. The third-order valence-electron chi connectivity index (χ3n) is 13.2. The molecule has 0 saturated heterocycles. The molecule has 0 aliphatic carbocycles. The minimum Gasteiger partial charge on any atom is -0.310 e. The zero-order valence-corrected chi connectivity index (χ0v) is 36.2. The van der Waals surface area contributed by atoms with E-state index in [1.807, 2.05) is 11.3 Å². The van der Waals surface area contributed by atoms with Crippen LogP contribution in [0, 0.1) is 0 Å². The van der Waals surface area contributed by atoms with E-state index in [9.17, 15) is 0 Å². The van der Waals surface area contributed by atoms with Crippen molar-refractivity contribution in [2.75, 3.05) is 4.90 Å². The Hall–Kier alpha value is -8.24. The third-order valence-corrected chi connectivity index (χ3v) is 14.3. The van der Waals surface area contributed by atoms with E-state index in [0.717, 1.165) is 17.1 Å². The maximum atomic E-state index is 2.45. The molecule has 0 saturated carbocycles. The van der Waals surface area contributed by atoms with E-state index in [-0.39, 0.29) is 0 Å². The summed E-state index contributed by atoms with van der Waals surface area (Å²) in [4.78, 5) is 2.40. The first-order valence-corrected chi connectivity index (χ1v) is 23.1. The number of benzene rings is 11. The number of aromatic nitrogens is 1. The summed E-state index contributed by atoms with van der Waals surface area (Å²) >= 11 is 1.87. The molecule has 0 atom stereocenters. The van der Waals surface area contributed by atoms with Crippen molar-refractivity contribution < 1.29 is 0 Å². The molecule has 65 heavy (non-hydrogen) atoms. The van der Waals surface area contributed by atoms with Gasteiger partial charge in [-0.1, -0.05) is 176 Å². The summed E-state index contributed by atoms with van der Waals surface area (Å²) in [6, 6.07) is 89.0. The van der Waals surface area contributed by atoms with Crippen LogP contribution in [-0.2, 0) is 0 Å². The number of rotatable bonds is 7. The Bertz CT molecular complexity index is 3820. The molecule has 0 unspecified atom stereocenters. The summed E-state index contributed by atoms with van der Waals surface area (Å²) in [6.07, 6.45) is 0. The van der Waals surface area contributed by atoms with Crippen LogP contribution in [-0.4, -0.2) is 4.57 Å². The van der Waals surface area contributed by atoms with Crippen LogP contribution < -0.4 is 4.90 Å². The molecule has 3 heteroatoms. The summed E-state index contributed by atoms with van der Waals surface area (Å²) in [5, 5.41) is 10.1. The highest BCUT2D eigenvalue weighted by molar-refractivity contribution is 7.25. The molecule has 0 fully saturated rings.